The number of aromatic nitrogens is 2. The summed E-state index contributed by atoms with van der Waals surface area (Å²) in [5.41, 5.74) is 0.851. The molecule has 0 amide bonds. The first-order valence-electron chi connectivity index (χ1n) is 4.82. The monoisotopic (exact) mass is 283 g/mol. The normalized spacial score (nSPS) is 10.4. The average molecular weight is 284 g/mol. The zero-order chi connectivity index (χ0) is 11.5. The second-order valence-electron chi connectivity index (χ2n) is 3.43. The number of hydrogen-bond acceptors (Lipinski definition) is 2. The number of anilines is 1. The van der Waals surface area contributed by atoms with E-state index in [0.717, 1.165) is 11.5 Å². The fourth-order valence-corrected chi connectivity index (χ4v) is 1.86. The Morgan fingerprint density at radius 1 is 1.50 bits per heavy atom. The minimum Gasteiger partial charge on any atom is -0.377 e. The van der Waals surface area contributed by atoms with Crippen LogP contribution in [0.2, 0.25) is 0 Å². The summed E-state index contributed by atoms with van der Waals surface area (Å²) in [6.07, 6.45) is 3.63. The van der Waals surface area contributed by atoms with Gasteiger partial charge in [0.25, 0.3) is 0 Å². The zero-order valence-corrected chi connectivity index (χ0v) is 10.3. The second-order valence-corrected chi connectivity index (χ2v) is 4.29. The highest BCUT2D eigenvalue weighted by Gasteiger charge is 2.03. The van der Waals surface area contributed by atoms with Gasteiger partial charge in [-0.3, -0.25) is 0 Å². The zero-order valence-electron chi connectivity index (χ0n) is 8.74. The average Bonchev–Trinajstić information content (AvgIpc) is 2.63. The Balaban J connectivity index is 2.08. The number of benzene rings is 1. The van der Waals surface area contributed by atoms with Gasteiger partial charge >= 0.3 is 0 Å². The van der Waals surface area contributed by atoms with E-state index in [-0.39, 0.29) is 5.82 Å². The molecule has 16 heavy (non-hydrogen) atoms. The van der Waals surface area contributed by atoms with Gasteiger partial charge in [-0.15, -0.1) is 0 Å². The molecule has 0 spiro atoms. The first kappa shape index (κ1) is 11.1. The van der Waals surface area contributed by atoms with Crippen LogP contribution in [0.3, 0.4) is 0 Å². The van der Waals surface area contributed by atoms with Crippen LogP contribution in [0.15, 0.2) is 35.1 Å². The van der Waals surface area contributed by atoms with Crippen LogP contribution in [0.1, 0.15) is 5.82 Å². The molecule has 1 aromatic carbocycles. The SMILES string of the molecule is Cn1ccnc1CNc1ccc(F)cc1Br. The summed E-state index contributed by atoms with van der Waals surface area (Å²) in [6.45, 7) is 0.605. The smallest absolute Gasteiger partial charge is 0.127 e. The topological polar surface area (TPSA) is 29.9 Å². The van der Waals surface area contributed by atoms with Crippen molar-refractivity contribution in [1.82, 2.24) is 9.55 Å². The van der Waals surface area contributed by atoms with Gasteiger partial charge in [-0.25, -0.2) is 9.37 Å². The molecule has 3 nitrogen and oxygen atoms in total. The lowest BCUT2D eigenvalue weighted by Crippen LogP contribution is -2.06. The van der Waals surface area contributed by atoms with Crippen molar-refractivity contribution in [1.29, 1.82) is 0 Å². The highest BCUT2D eigenvalue weighted by atomic mass is 79.9. The van der Waals surface area contributed by atoms with Gasteiger partial charge in [0.1, 0.15) is 11.6 Å². The molecule has 84 valence electrons. The summed E-state index contributed by atoms with van der Waals surface area (Å²) in [7, 11) is 1.93. The van der Waals surface area contributed by atoms with E-state index in [1.807, 2.05) is 17.8 Å². The number of nitrogens with one attached hydrogen (secondary N) is 1. The van der Waals surface area contributed by atoms with Gasteiger partial charge in [0.05, 0.1) is 6.54 Å². The predicted molar refractivity (Wildman–Crippen MR) is 64.6 cm³/mol. The highest BCUT2D eigenvalue weighted by Crippen LogP contribution is 2.23. The van der Waals surface area contributed by atoms with E-state index in [1.165, 1.54) is 12.1 Å². The molecule has 0 fully saturated rings. The van der Waals surface area contributed by atoms with E-state index in [0.29, 0.717) is 11.0 Å². The fraction of sp³-hybridized carbons (Fsp3) is 0.182. The van der Waals surface area contributed by atoms with Gasteiger partial charge in [-0.05, 0) is 34.1 Å². The summed E-state index contributed by atoms with van der Waals surface area (Å²) in [5.74, 6) is 0.672. The Bertz CT molecular complexity index is 496. The number of nitrogens with zero attached hydrogens (tertiary/aromatic N) is 2. The maximum atomic E-state index is 12.9. The lowest BCUT2D eigenvalue weighted by molar-refractivity contribution is 0.627. The molecule has 2 aromatic rings. The number of rotatable bonds is 3. The number of hydrogen-bond donors (Lipinski definition) is 1. The van der Waals surface area contributed by atoms with Gasteiger partial charge in [-0.1, -0.05) is 0 Å². The minimum absolute atomic E-state index is 0.255. The van der Waals surface area contributed by atoms with Gasteiger partial charge in [-0.2, -0.15) is 0 Å². The first-order valence-corrected chi connectivity index (χ1v) is 5.61. The van der Waals surface area contributed by atoms with E-state index < -0.39 is 0 Å². The third kappa shape index (κ3) is 2.41. The van der Waals surface area contributed by atoms with Crippen molar-refractivity contribution < 1.29 is 4.39 Å². The van der Waals surface area contributed by atoms with Crippen LogP contribution in [-0.4, -0.2) is 9.55 Å². The van der Waals surface area contributed by atoms with Crippen LogP contribution < -0.4 is 5.32 Å². The van der Waals surface area contributed by atoms with Crippen molar-refractivity contribution in [3.05, 3.63) is 46.7 Å². The van der Waals surface area contributed by atoms with Crippen LogP contribution in [-0.2, 0) is 13.6 Å². The third-order valence-corrected chi connectivity index (χ3v) is 2.95. The van der Waals surface area contributed by atoms with Crippen molar-refractivity contribution in [2.24, 2.45) is 7.05 Å². The molecule has 0 atom stereocenters. The van der Waals surface area contributed by atoms with Crippen LogP contribution >= 0.6 is 15.9 Å². The number of imidazole rings is 1. The quantitative estimate of drug-likeness (QED) is 0.939. The Morgan fingerprint density at radius 2 is 2.31 bits per heavy atom. The summed E-state index contributed by atoms with van der Waals surface area (Å²) in [6, 6.07) is 4.55. The molecule has 0 aliphatic carbocycles. The standard InChI is InChI=1S/C11H11BrFN3/c1-16-5-4-14-11(16)7-15-10-3-2-8(13)6-9(10)12/h2-6,15H,7H2,1H3. The molecule has 0 radical (unpaired) electrons. The largest absolute Gasteiger partial charge is 0.377 e. The van der Waals surface area contributed by atoms with Crippen molar-refractivity contribution >= 4 is 21.6 Å². The Morgan fingerprint density at radius 3 is 2.94 bits per heavy atom. The molecule has 5 heteroatoms. The van der Waals surface area contributed by atoms with E-state index in [1.54, 1.807) is 12.3 Å². The molecular formula is C11H11BrFN3. The summed E-state index contributed by atoms with van der Waals surface area (Å²) in [5, 5.41) is 3.19. The lowest BCUT2D eigenvalue weighted by Gasteiger charge is -2.08. The Labute approximate surface area is 101 Å². The van der Waals surface area contributed by atoms with Crippen LogP contribution in [0.25, 0.3) is 0 Å². The second kappa shape index (κ2) is 4.65. The summed E-state index contributed by atoms with van der Waals surface area (Å²) >= 11 is 3.30. The predicted octanol–water partition coefficient (Wildman–Crippen LogP) is 2.93. The molecule has 0 bridgehead atoms. The highest BCUT2D eigenvalue weighted by molar-refractivity contribution is 9.10. The molecular weight excluding hydrogens is 273 g/mol. The van der Waals surface area contributed by atoms with Gasteiger partial charge in [0.15, 0.2) is 0 Å². The van der Waals surface area contributed by atoms with Crippen molar-refractivity contribution in [3.8, 4) is 0 Å². The van der Waals surface area contributed by atoms with E-state index in [9.17, 15) is 4.39 Å². The summed E-state index contributed by atoms with van der Waals surface area (Å²) in [4.78, 5) is 4.19. The van der Waals surface area contributed by atoms with Crippen molar-refractivity contribution in [3.63, 3.8) is 0 Å². The molecule has 1 aromatic heterocycles. The Kier molecular flexibility index (Phi) is 3.24. The molecule has 0 unspecified atom stereocenters. The van der Waals surface area contributed by atoms with Gasteiger partial charge in [0, 0.05) is 29.6 Å². The molecule has 0 saturated carbocycles. The molecule has 0 aliphatic rings. The van der Waals surface area contributed by atoms with Crippen molar-refractivity contribution in [2.45, 2.75) is 6.54 Å². The maximum absolute atomic E-state index is 12.9. The van der Waals surface area contributed by atoms with Crippen LogP contribution in [0.4, 0.5) is 10.1 Å². The maximum Gasteiger partial charge on any atom is 0.127 e. The van der Waals surface area contributed by atoms with Gasteiger partial charge < -0.3 is 9.88 Å². The van der Waals surface area contributed by atoms with E-state index in [2.05, 4.69) is 26.2 Å². The van der Waals surface area contributed by atoms with E-state index >= 15 is 0 Å². The molecule has 1 N–H and O–H groups in total. The third-order valence-electron chi connectivity index (χ3n) is 2.29. The molecule has 0 saturated heterocycles. The molecule has 2 rings (SSSR count). The summed E-state index contributed by atoms with van der Waals surface area (Å²) < 4.78 is 15.5. The van der Waals surface area contributed by atoms with Crippen LogP contribution in [0, 0.1) is 5.82 Å². The van der Waals surface area contributed by atoms with Crippen LogP contribution in [0.5, 0.6) is 0 Å². The van der Waals surface area contributed by atoms with E-state index in [4.69, 9.17) is 0 Å². The lowest BCUT2D eigenvalue weighted by atomic mass is 10.3. The number of aryl methyl sites for hydroxylation is 1. The molecule has 0 aliphatic heterocycles. The van der Waals surface area contributed by atoms with Gasteiger partial charge in [0.2, 0.25) is 0 Å². The minimum atomic E-state index is -0.255. The molecule has 1 heterocycles. The first-order chi connectivity index (χ1) is 7.66. The fourth-order valence-electron chi connectivity index (χ4n) is 1.37. The number of halogens is 2. The Hall–Kier alpha value is -1.36. The van der Waals surface area contributed by atoms with Crippen molar-refractivity contribution in [2.75, 3.05) is 5.32 Å².